The lowest BCUT2D eigenvalue weighted by atomic mass is 10.0. The maximum Gasteiger partial charge on any atom is 0.142 e. The molecule has 0 bridgehead atoms. The lowest BCUT2D eigenvalue weighted by Gasteiger charge is -2.04. The number of aromatic amines is 2. The van der Waals surface area contributed by atoms with Crippen LogP contribution < -0.4 is 0 Å². The lowest BCUT2D eigenvalue weighted by molar-refractivity contribution is 1.15. The second-order valence-corrected chi connectivity index (χ2v) is 7.31. The summed E-state index contributed by atoms with van der Waals surface area (Å²) in [6.45, 7) is 3.96. The zero-order valence-electron chi connectivity index (χ0n) is 13.9. The van der Waals surface area contributed by atoms with Gasteiger partial charge in [0.2, 0.25) is 0 Å². The first-order valence-corrected chi connectivity index (χ1v) is 9.00. The Kier molecular flexibility index (Phi) is 3.05. The smallest absolute Gasteiger partial charge is 0.142 e. The molecule has 2 N–H and O–H groups in total. The SMILES string of the molecule is Cc1ncc(-c2ccc(-c3ccc4c(c3)sc3nc(C)[nH]c34)cc2)[nH]1. The summed E-state index contributed by atoms with van der Waals surface area (Å²) in [4.78, 5) is 16.5. The van der Waals surface area contributed by atoms with E-state index in [2.05, 4.69) is 62.4 Å². The van der Waals surface area contributed by atoms with Gasteiger partial charge >= 0.3 is 0 Å². The van der Waals surface area contributed by atoms with Gasteiger partial charge in [0.15, 0.2) is 0 Å². The van der Waals surface area contributed by atoms with Crippen molar-refractivity contribution in [3.8, 4) is 22.4 Å². The van der Waals surface area contributed by atoms with E-state index in [-0.39, 0.29) is 0 Å². The van der Waals surface area contributed by atoms with Gasteiger partial charge in [-0.1, -0.05) is 36.4 Å². The summed E-state index contributed by atoms with van der Waals surface area (Å²) in [7, 11) is 0. The van der Waals surface area contributed by atoms with Gasteiger partial charge in [0.1, 0.15) is 16.5 Å². The number of aromatic nitrogens is 4. The Morgan fingerprint density at radius 2 is 1.60 bits per heavy atom. The van der Waals surface area contributed by atoms with Gasteiger partial charge in [-0.3, -0.25) is 0 Å². The zero-order valence-corrected chi connectivity index (χ0v) is 14.7. The molecule has 0 atom stereocenters. The molecule has 0 aliphatic rings. The van der Waals surface area contributed by atoms with Crippen molar-refractivity contribution in [3.63, 3.8) is 0 Å². The van der Waals surface area contributed by atoms with Crippen molar-refractivity contribution in [2.45, 2.75) is 13.8 Å². The molecule has 0 unspecified atom stereocenters. The molecule has 4 nitrogen and oxygen atoms in total. The minimum atomic E-state index is 0.932. The van der Waals surface area contributed by atoms with Crippen molar-refractivity contribution in [1.29, 1.82) is 0 Å². The van der Waals surface area contributed by atoms with Crippen molar-refractivity contribution in [2.24, 2.45) is 0 Å². The van der Waals surface area contributed by atoms with Crippen molar-refractivity contribution >= 4 is 31.8 Å². The second-order valence-electron chi connectivity index (χ2n) is 6.28. The average Bonchev–Trinajstić information content (AvgIpc) is 3.28. The molecule has 3 aromatic heterocycles. The molecule has 2 aromatic carbocycles. The van der Waals surface area contributed by atoms with Gasteiger partial charge in [-0.2, -0.15) is 0 Å². The van der Waals surface area contributed by atoms with E-state index in [0.29, 0.717) is 0 Å². The van der Waals surface area contributed by atoms with Gasteiger partial charge in [0, 0.05) is 10.1 Å². The molecule has 0 fully saturated rings. The molecule has 0 aliphatic heterocycles. The molecular weight excluding hydrogens is 328 g/mol. The first kappa shape index (κ1) is 14.4. The van der Waals surface area contributed by atoms with Crippen LogP contribution in [0.25, 0.3) is 42.8 Å². The summed E-state index contributed by atoms with van der Waals surface area (Å²) in [6, 6.07) is 15.2. The van der Waals surface area contributed by atoms with E-state index in [0.717, 1.165) is 33.3 Å². The van der Waals surface area contributed by atoms with E-state index in [4.69, 9.17) is 0 Å². The van der Waals surface area contributed by atoms with Crippen LogP contribution in [-0.2, 0) is 0 Å². The Morgan fingerprint density at radius 3 is 2.36 bits per heavy atom. The Balaban J connectivity index is 1.55. The fourth-order valence-corrected chi connectivity index (χ4v) is 4.35. The number of hydrogen-bond donors (Lipinski definition) is 2. The summed E-state index contributed by atoms with van der Waals surface area (Å²) in [5.41, 5.74) is 5.78. The highest BCUT2D eigenvalue weighted by atomic mass is 32.1. The van der Waals surface area contributed by atoms with Crippen molar-refractivity contribution in [1.82, 2.24) is 19.9 Å². The molecule has 5 heteroatoms. The molecule has 122 valence electrons. The minimum absolute atomic E-state index is 0.932. The largest absolute Gasteiger partial charge is 0.342 e. The normalized spacial score (nSPS) is 11.6. The van der Waals surface area contributed by atoms with Gasteiger partial charge in [0.05, 0.1) is 17.4 Å². The van der Waals surface area contributed by atoms with E-state index in [1.807, 2.05) is 20.0 Å². The lowest BCUT2D eigenvalue weighted by Crippen LogP contribution is -1.81. The number of H-pyrrole nitrogens is 2. The van der Waals surface area contributed by atoms with Crippen LogP contribution in [0.3, 0.4) is 0 Å². The standard InChI is InChI=1S/C20H16N4S/c1-11-21-10-17(22-11)14-5-3-13(4-6-14)15-7-8-16-18(9-15)25-20-19(16)23-12(2)24-20/h3-10H,1-2H3,(H,21,22)(H,23,24). The Morgan fingerprint density at radius 1 is 0.840 bits per heavy atom. The highest BCUT2D eigenvalue weighted by Gasteiger charge is 2.10. The van der Waals surface area contributed by atoms with Gasteiger partial charge < -0.3 is 9.97 Å². The molecule has 0 aliphatic carbocycles. The third-order valence-electron chi connectivity index (χ3n) is 4.48. The Hall–Kier alpha value is -2.92. The zero-order chi connectivity index (χ0) is 17.0. The molecule has 5 rings (SSSR count). The van der Waals surface area contributed by atoms with Gasteiger partial charge in [0.25, 0.3) is 0 Å². The number of hydrogen-bond acceptors (Lipinski definition) is 3. The maximum atomic E-state index is 4.55. The van der Waals surface area contributed by atoms with Crippen LogP contribution in [-0.4, -0.2) is 19.9 Å². The van der Waals surface area contributed by atoms with Gasteiger partial charge in [-0.05, 0) is 36.6 Å². The summed E-state index contributed by atoms with van der Waals surface area (Å²) in [6.07, 6.45) is 1.87. The third kappa shape index (κ3) is 2.36. The van der Waals surface area contributed by atoms with E-state index in [1.54, 1.807) is 11.3 Å². The van der Waals surface area contributed by atoms with E-state index in [1.165, 1.54) is 21.2 Å². The van der Waals surface area contributed by atoms with Crippen LogP contribution in [0.1, 0.15) is 11.6 Å². The predicted molar refractivity (Wildman–Crippen MR) is 104 cm³/mol. The van der Waals surface area contributed by atoms with Gasteiger partial charge in [-0.15, -0.1) is 11.3 Å². The molecule has 0 amide bonds. The van der Waals surface area contributed by atoms with E-state index >= 15 is 0 Å². The van der Waals surface area contributed by atoms with Crippen molar-refractivity contribution in [3.05, 3.63) is 60.3 Å². The number of imidazole rings is 2. The van der Waals surface area contributed by atoms with Gasteiger partial charge in [-0.25, -0.2) is 9.97 Å². The topological polar surface area (TPSA) is 57.4 Å². The van der Waals surface area contributed by atoms with Crippen molar-refractivity contribution in [2.75, 3.05) is 0 Å². The van der Waals surface area contributed by atoms with Crippen LogP contribution in [0, 0.1) is 13.8 Å². The number of aryl methyl sites for hydroxylation is 2. The maximum absolute atomic E-state index is 4.55. The summed E-state index contributed by atoms with van der Waals surface area (Å²) in [5.74, 6) is 1.90. The molecule has 25 heavy (non-hydrogen) atoms. The summed E-state index contributed by atoms with van der Waals surface area (Å²) < 4.78 is 1.26. The van der Waals surface area contributed by atoms with E-state index in [9.17, 15) is 0 Å². The fourth-order valence-electron chi connectivity index (χ4n) is 3.23. The van der Waals surface area contributed by atoms with Crippen LogP contribution in [0.2, 0.25) is 0 Å². The Bertz CT molecular complexity index is 1210. The second kappa shape index (κ2) is 5.29. The highest BCUT2D eigenvalue weighted by Crippen LogP contribution is 2.35. The molecule has 0 saturated carbocycles. The number of nitrogens with zero attached hydrogens (tertiary/aromatic N) is 2. The third-order valence-corrected chi connectivity index (χ3v) is 5.53. The number of nitrogens with one attached hydrogen (secondary N) is 2. The predicted octanol–water partition coefficient (Wildman–Crippen LogP) is 5.45. The number of benzene rings is 2. The number of rotatable bonds is 2. The first-order valence-electron chi connectivity index (χ1n) is 8.19. The molecule has 5 aromatic rings. The molecule has 3 heterocycles. The van der Waals surface area contributed by atoms with Crippen LogP contribution in [0.4, 0.5) is 0 Å². The monoisotopic (exact) mass is 344 g/mol. The molecule has 0 spiro atoms. The summed E-state index contributed by atoms with van der Waals surface area (Å²) in [5, 5.41) is 1.24. The first-order chi connectivity index (χ1) is 12.2. The minimum Gasteiger partial charge on any atom is -0.342 e. The van der Waals surface area contributed by atoms with Crippen LogP contribution >= 0.6 is 11.3 Å². The number of fused-ring (bicyclic) bond motifs is 3. The Labute approximate surface area is 148 Å². The van der Waals surface area contributed by atoms with Crippen molar-refractivity contribution < 1.29 is 0 Å². The molecular formula is C20H16N4S. The molecule has 0 radical (unpaired) electrons. The van der Waals surface area contributed by atoms with Crippen LogP contribution in [0.15, 0.2) is 48.7 Å². The fraction of sp³-hybridized carbons (Fsp3) is 0.100. The van der Waals surface area contributed by atoms with Crippen LogP contribution in [0.5, 0.6) is 0 Å². The average molecular weight is 344 g/mol. The quantitative estimate of drug-likeness (QED) is 0.447. The highest BCUT2D eigenvalue weighted by molar-refractivity contribution is 7.25. The summed E-state index contributed by atoms with van der Waals surface area (Å²) >= 11 is 1.74. The van der Waals surface area contributed by atoms with E-state index < -0.39 is 0 Å². The molecule has 0 saturated heterocycles. The number of thiophene rings is 1.